The van der Waals surface area contributed by atoms with E-state index in [-0.39, 0.29) is 5.91 Å². The van der Waals surface area contributed by atoms with E-state index in [4.69, 9.17) is 34.8 Å². The average Bonchev–Trinajstić information content (AvgIpc) is 2.20. The van der Waals surface area contributed by atoms with E-state index in [9.17, 15) is 4.79 Å². The van der Waals surface area contributed by atoms with Crippen molar-refractivity contribution in [3.8, 4) is 0 Å². The third kappa shape index (κ3) is 3.90. The molecule has 0 saturated carbocycles. The van der Waals surface area contributed by atoms with Gasteiger partial charge in [-0.2, -0.15) is 0 Å². The van der Waals surface area contributed by atoms with Gasteiger partial charge in [0.1, 0.15) is 0 Å². The molecule has 0 spiro atoms. The van der Waals surface area contributed by atoms with Gasteiger partial charge in [-0.25, -0.2) is 0 Å². The maximum Gasteiger partial charge on any atom is 0.255 e. The summed E-state index contributed by atoms with van der Waals surface area (Å²) in [5.74, 6) is -0.312. The normalized spacial score (nSPS) is 10.5. The number of halogens is 3. The minimum absolute atomic E-state index is 0.312. The van der Waals surface area contributed by atoms with Crippen molar-refractivity contribution in [1.29, 1.82) is 0 Å². The first-order chi connectivity index (χ1) is 7.00. The minimum atomic E-state index is -1.01. The van der Waals surface area contributed by atoms with E-state index >= 15 is 0 Å². The van der Waals surface area contributed by atoms with Gasteiger partial charge in [0.25, 0.3) is 5.91 Å². The van der Waals surface area contributed by atoms with E-state index in [0.29, 0.717) is 11.6 Å². The van der Waals surface area contributed by atoms with Crippen molar-refractivity contribution in [1.82, 2.24) is 4.90 Å². The smallest absolute Gasteiger partial charge is 0.255 e. The van der Waals surface area contributed by atoms with Crippen molar-refractivity contribution in [2.75, 3.05) is 7.05 Å². The van der Waals surface area contributed by atoms with Crippen molar-refractivity contribution < 1.29 is 4.79 Å². The molecule has 1 aromatic rings. The Morgan fingerprint density at radius 3 is 2.33 bits per heavy atom. The summed E-state index contributed by atoms with van der Waals surface area (Å²) < 4.78 is 0. The Morgan fingerprint density at radius 2 is 1.87 bits per heavy atom. The highest BCUT2D eigenvalue weighted by Gasteiger charge is 2.16. The highest BCUT2D eigenvalue weighted by atomic mass is 35.5. The maximum atomic E-state index is 11.4. The SMILES string of the molecule is CN(Cc1ccc(Cl)cc1)C(=O)C(Cl)Cl. The van der Waals surface area contributed by atoms with Crippen LogP contribution in [0.2, 0.25) is 5.02 Å². The number of carbonyl (C=O) groups excluding carboxylic acids is 1. The highest BCUT2D eigenvalue weighted by Crippen LogP contribution is 2.13. The second-order valence-corrected chi connectivity index (χ2v) is 4.65. The summed E-state index contributed by atoms with van der Waals surface area (Å²) in [5.41, 5.74) is 0.976. The van der Waals surface area contributed by atoms with E-state index in [0.717, 1.165) is 5.56 Å². The third-order valence-electron chi connectivity index (χ3n) is 1.90. The van der Waals surface area contributed by atoms with Gasteiger partial charge in [0.05, 0.1) is 0 Å². The van der Waals surface area contributed by atoms with Gasteiger partial charge in [-0.3, -0.25) is 4.79 Å². The number of rotatable bonds is 3. The monoisotopic (exact) mass is 265 g/mol. The molecule has 0 aliphatic heterocycles. The van der Waals surface area contributed by atoms with Crippen LogP contribution in [0.5, 0.6) is 0 Å². The van der Waals surface area contributed by atoms with Crippen molar-refractivity contribution in [3.63, 3.8) is 0 Å². The minimum Gasteiger partial charge on any atom is -0.339 e. The highest BCUT2D eigenvalue weighted by molar-refractivity contribution is 6.53. The van der Waals surface area contributed by atoms with Crippen LogP contribution in [0, 0.1) is 0 Å². The summed E-state index contributed by atoms with van der Waals surface area (Å²) in [6.45, 7) is 0.464. The predicted molar refractivity (Wildman–Crippen MR) is 63.4 cm³/mol. The van der Waals surface area contributed by atoms with E-state index in [1.165, 1.54) is 4.90 Å². The van der Waals surface area contributed by atoms with Crippen molar-refractivity contribution in [2.45, 2.75) is 11.4 Å². The molecule has 0 fully saturated rings. The van der Waals surface area contributed by atoms with E-state index in [2.05, 4.69) is 0 Å². The second-order valence-electron chi connectivity index (χ2n) is 3.12. The molecule has 0 bridgehead atoms. The number of carbonyl (C=O) groups is 1. The van der Waals surface area contributed by atoms with Crippen LogP contribution in [0.15, 0.2) is 24.3 Å². The molecule has 82 valence electrons. The zero-order valence-electron chi connectivity index (χ0n) is 8.08. The number of alkyl halides is 2. The molecule has 0 aliphatic carbocycles. The Hall–Kier alpha value is -0.440. The van der Waals surface area contributed by atoms with Gasteiger partial charge in [-0.05, 0) is 17.7 Å². The molecule has 1 aromatic carbocycles. The lowest BCUT2D eigenvalue weighted by Gasteiger charge is -2.17. The molecule has 0 aromatic heterocycles. The van der Waals surface area contributed by atoms with Gasteiger partial charge in [0.2, 0.25) is 0 Å². The molecule has 0 atom stereocenters. The molecular formula is C10H10Cl3NO. The van der Waals surface area contributed by atoms with Crippen LogP contribution in [0.1, 0.15) is 5.56 Å². The number of benzene rings is 1. The summed E-state index contributed by atoms with van der Waals surface area (Å²) in [4.78, 5) is 11.8. The zero-order chi connectivity index (χ0) is 11.4. The van der Waals surface area contributed by atoms with E-state index < -0.39 is 4.84 Å². The van der Waals surface area contributed by atoms with Gasteiger partial charge in [-0.1, -0.05) is 46.9 Å². The van der Waals surface area contributed by atoms with Crippen LogP contribution in [0.3, 0.4) is 0 Å². The van der Waals surface area contributed by atoms with Crippen LogP contribution in [-0.4, -0.2) is 22.7 Å². The summed E-state index contributed by atoms with van der Waals surface area (Å²) >= 11 is 16.7. The lowest BCUT2D eigenvalue weighted by atomic mass is 10.2. The Balaban J connectivity index is 2.62. The lowest BCUT2D eigenvalue weighted by Crippen LogP contribution is -2.30. The molecular weight excluding hydrogens is 256 g/mol. The van der Waals surface area contributed by atoms with Gasteiger partial charge in [-0.15, -0.1) is 0 Å². The predicted octanol–water partition coefficient (Wildman–Crippen LogP) is 3.10. The molecule has 5 heteroatoms. The summed E-state index contributed by atoms with van der Waals surface area (Å²) in [6.07, 6.45) is 0. The topological polar surface area (TPSA) is 20.3 Å². The molecule has 0 aliphatic rings. The Morgan fingerprint density at radius 1 is 1.33 bits per heavy atom. The van der Waals surface area contributed by atoms with Gasteiger partial charge in [0, 0.05) is 18.6 Å². The summed E-state index contributed by atoms with van der Waals surface area (Å²) in [5, 5.41) is 0.667. The van der Waals surface area contributed by atoms with Crippen LogP contribution in [0.25, 0.3) is 0 Å². The summed E-state index contributed by atoms with van der Waals surface area (Å²) in [7, 11) is 1.65. The number of amides is 1. The van der Waals surface area contributed by atoms with Crippen LogP contribution in [0.4, 0.5) is 0 Å². The average molecular weight is 267 g/mol. The fraction of sp³-hybridized carbons (Fsp3) is 0.300. The fourth-order valence-electron chi connectivity index (χ4n) is 1.11. The van der Waals surface area contributed by atoms with Crippen LogP contribution < -0.4 is 0 Å². The van der Waals surface area contributed by atoms with Gasteiger partial charge in [0.15, 0.2) is 4.84 Å². The number of nitrogens with zero attached hydrogens (tertiary/aromatic N) is 1. The van der Waals surface area contributed by atoms with Crippen molar-refractivity contribution >= 4 is 40.7 Å². The second kappa shape index (κ2) is 5.59. The molecule has 0 saturated heterocycles. The molecule has 1 amide bonds. The first kappa shape index (κ1) is 12.6. The molecule has 0 heterocycles. The molecule has 15 heavy (non-hydrogen) atoms. The molecule has 0 unspecified atom stereocenters. The number of hydrogen-bond donors (Lipinski definition) is 0. The number of hydrogen-bond acceptors (Lipinski definition) is 1. The quantitative estimate of drug-likeness (QED) is 0.770. The molecule has 2 nitrogen and oxygen atoms in total. The molecule has 1 rings (SSSR count). The van der Waals surface area contributed by atoms with Crippen LogP contribution in [-0.2, 0) is 11.3 Å². The Bertz CT molecular complexity index is 337. The van der Waals surface area contributed by atoms with Crippen LogP contribution >= 0.6 is 34.8 Å². The fourth-order valence-corrected chi connectivity index (χ4v) is 1.57. The Labute approximate surface area is 104 Å². The van der Waals surface area contributed by atoms with Gasteiger partial charge < -0.3 is 4.90 Å². The standard InChI is InChI=1S/C10H10Cl3NO/c1-14(10(15)9(12)13)6-7-2-4-8(11)5-3-7/h2-5,9H,6H2,1H3. The first-order valence-electron chi connectivity index (χ1n) is 4.28. The third-order valence-corrected chi connectivity index (χ3v) is 2.52. The van der Waals surface area contributed by atoms with Crippen molar-refractivity contribution in [3.05, 3.63) is 34.9 Å². The Kier molecular flexibility index (Phi) is 4.71. The lowest BCUT2D eigenvalue weighted by molar-refractivity contribution is -0.128. The largest absolute Gasteiger partial charge is 0.339 e. The maximum absolute atomic E-state index is 11.4. The van der Waals surface area contributed by atoms with E-state index in [1.807, 2.05) is 12.1 Å². The van der Waals surface area contributed by atoms with Crippen molar-refractivity contribution in [2.24, 2.45) is 0 Å². The molecule has 0 radical (unpaired) electrons. The van der Waals surface area contributed by atoms with Gasteiger partial charge >= 0.3 is 0 Å². The zero-order valence-corrected chi connectivity index (χ0v) is 10.4. The molecule has 0 N–H and O–H groups in total. The first-order valence-corrected chi connectivity index (χ1v) is 5.53. The van der Waals surface area contributed by atoms with E-state index in [1.54, 1.807) is 19.2 Å². The summed E-state index contributed by atoms with van der Waals surface area (Å²) in [6, 6.07) is 7.25.